The number of benzene rings is 1. The van der Waals surface area contributed by atoms with Gasteiger partial charge in [-0.15, -0.1) is 12.4 Å². The van der Waals surface area contributed by atoms with Crippen molar-refractivity contribution in [2.75, 3.05) is 27.2 Å². The van der Waals surface area contributed by atoms with Crippen molar-refractivity contribution in [2.24, 2.45) is 0 Å². The summed E-state index contributed by atoms with van der Waals surface area (Å²) in [7, 11) is 3.54. The van der Waals surface area contributed by atoms with E-state index in [9.17, 15) is 4.79 Å². The van der Waals surface area contributed by atoms with Gasteiger partial charge < -0.3 is 15.0 Å². The molecule has 1 fully saturated rings. The molecule has 0 saturated carbocycles. The molecule has 1 atom stereocenters. The molecule has 1 aromatic rings. The van der Waals surface area contributed by atoms with Crippen LogP contribution in [-0.4, -0.2) is 44.1 Å². The second-order valence-corrected chi connectivity index (χ2v) is 4.70. The molecule has 19 heavy (non-hydrogen) atoms. The molecule has 1 amide bonds. The van der Waals surface area contributed by atoms with Crippen molar-refractivity contribution in [3.05, 3.63) is 35.4 Å². The Bertz CT molecular complexity index is 420. The van der Waals surface area contributed by atoms with Crippen molar-refractivity contribution in [1.29, 1.82) is 0 Å². The summed E-state index contributed by atoms with van der Waals surface area (Å²) in [5, 5.41) is 3.28. The Morgan fingerprint density at radius 2 is 2.32 bits per heavy atom. The number of carbonyl (C=O) groups is 1. The summed E-state index contributed by atoms with van der Waals surface area (Å²) >= 11 is 0. The van der Waals surface area contributed by atoms with E-state index in [1.54, 1.807) is 7.11 Å². The molecule has 0 aliphatic carbocycles. The van der Waals surface area contributed by atoms with E-state index < -0.39 is 0 Å². The molecule has 1 N–H and O–H groups in total. The lowest BCUT2D eigenvalue weighted by molar-refractivity contribution is 0.0743. The van der Waals surface area contributed by atoms with Crippen LogP contribution in [0.3, 0.4) is 0 Å². The molecular weight excluding hydrogens is 264 g/mol. The summed E-state index contributed by atoms with van der Waals surface area (Å²) in [4.78, 5) is 14.2. The number of methoxy groups -OCH3 is 1. The molecule has 0 spiro atoms. The van der Waals surface area contributed by atoms with E-state index in [4.69, 9.17) is 4.74 Å². The van der Waals surface area contributed by atoms with Crippen LogP contribution in [0.25, 0.3) is 0 Å². The zero-order chi connectivity index (χ0) is 13.0. The second kappa shape index (κ2) is 7.48. The highest BCUT2D eigenvalue weighted by Crippen LogP contribution is 2.13. The van der Waals surface area contributed by atoms with Crippen LogP contribution in [0.1, 0.15) is 22.3 Å². The van der Waals surface area contributed by atoms with Gasteiger partial charge in [-0.2, -0.15) is 0 Å². The number of likely N-dealkylation sites (N-methyl/N-ethyl adjacent to an activating group) is 1. The molecule has 4 nitrogen and oxygen atoms in total. The van der Waals surface area contributed by atoms with Gasteiger partial charge in [-0.25, -0.2) is 0 Å². The Hall–Kier alpha value is -1.10. The van der Waals surface area contributed by atoms with Gasteiger partial charge >= 0.3 is 0 Å². The second-order valence-electron chi connectivity index (χ2n) is 4.70. The van der Waals surface area contributed by atoms with E-state index in [0.29, 0.717) is 12.6 Å². The van der Waals surface area contributed by atoms with Crippen LogP contribution in [0.5, 0.6) is 0 Å². The lowest BCUT2D eigenvalue weighted by atomic mass is 10.1. The Labute approximate surface area is 120 Å². The largest absolute Gasteiger partial charge is 0.380 e. The van der Waals surface area contributed by atoms with Crippen LogP contribution >= 0.6 is 12.4 Å². The Balaban J connectivity index is 0.00000180. The van der Waals surface area contributed by atoms with Crippen LogP contribution in [0, 0.1) is 0 Å². The molecule has 1 unspecified atom stereocenters. The SMILES string of the molecule is COCc1cccc(C(=O)N(C)C2CCNC2)c1.Cl. The standard InChI is InChI=1S/C14H20N2O2.ClH/c1-16(13-6-7-15-9-13)14(17)12-5-3-4-11(8-12)10-18-2;/h3-5,8,13,15H,6-7,9-10H2,1-2H3;1H. The van der Waals surface area contributed by atoms with Gasteiger partial charge in [0.1, 0.15) is 0 Å². The zero-order valence-corrected chi connectivity index (χ0v) is 12.2. The van der Waals surface area contributed by atoms with Crippen molar-refractivity contribution >= 4 is 18.3 Å². The number of hydrogen-bond acceptors (Lipinski definition) is 3. The normalized spacial score (nSPS) is 17.9. The van der Waals surface area contributed by atoms with Gasteiger partial charge in [-0.05, 0) is 30.7 Å². The van der Waals surface area contributed by atoms with Crippen LogP contribution in [0.15, 0.2) is 24.3 Å². The van der Waals surface area contributed by atoms with E-state index in [0.717, 1.165) is 30.6 Å². The van der Waals surface area contributed by atoms with Crippen LogP contribution in [0.2, 0.25) is 0 Å². The summed E-state index contributed by atoms with van der Waals surface area (Å²) in [6, 6.07) is 7.95. The smallest absolute Gasteiger partial charge is 0.253 e. The third-order valence-corrected chi connectivity index (χ3v) is 3.39. The third-order valence-electron chi connectivity index (χ3n) is 3.39. The minimum atomic E-state index is 0. The number of rotatable bonds is 4. The highest BCUT2D eigenvalue weighted by Gasteiger charge is 2.23. The molecule has 1 aliphatic rings. The average molecular weight is 285 g/mol. The van der Waals surface area contributed by atoms with E-state index in [2.05, 4.69) is 5.32 Å². The maximum Gasteiger partial charge on any atom is 0.253 e. The molecule has 0 aromatic heterocycles. The molecule has 1 aromatic carbocycles. The summed E-state index contributed by atoms with van der Waals surface area (Å²) in [6.45, 7) is 2.42. The fraction of sp³-hybridized carbons (Fsp3) is 0.500. The number of halogens is 1. The van der Waals surface area contributed by atoms with E-state index in [1.165, 1.54) is 0 Å². The summed E-state index contributed by atoms with van der Waals surface area (Å²) < 4.78 is 5.09. The number of carbonyl (C=O) groups excluding carboxylic acids is 1. The first-order valence-electron chi connectivity index (χ1n) is 6.28. The summed E-state index contributed by atoms with van der Waals surface area (Å²) in [5.74, 6) is 0.0849. The van der Waals surface area contributed by atoms with Crippen molar-refractivity contribution in [2.45, 2.75) is 19.1 Å². The highest BCUT2D eigenvalue weighted by atomic mass is 35.5. The van der Waals surface area contributed by atoms with Crippen LogP contribution < -0.4 is 5.32 Å². The fourth-order valence-corrected chi connectivity index (χ4v) is 2.30. The Morgan fingerprint density at radius 1 is 1.53 bits per heavy atom. The number of nitrogens with one attached hydrogen (secondary N) is 1. The number of nitrogens with zero attached hydrogens (tertiary/aromatic N) is 1. The monoisotopic (exact) mass is 284 g/mol. The van der Waals surface area contributed by atoms with Gasteiger partial charge in [-0.1, -0.05) is 12.1 Å². The quantitative estimate of drug-likeness (QED) is 0.915. The van der Waals surface area contributed by atoms with Gasteiger partial charge in [0.05, 0.1) is 6.61 Å². The van der Waals surface area contributed by atoms with Gasteiger partial charge in [0.2, 0.25) is 0 Å². The van der Waals surface area contributed by atoms with E-state index >= 15 is 0 Å². The lowest BCUT2D eigenvalue weighted by Crippen LogP contribution is -2.38. The van der Waals surface area contributed by atoms with Crippen molar-refractivity contribution < 1.29 is 9.53 Å². The predicted octanol–water partition coefficient (Wildman–Crippen LogP) is 1.69. The first-order valence-corrected chi connectivity index (χ1v) is 6.28. The topological polar surface area (TPSA) is 41.6 Å². The number of amides is 1. The van der Waals surface area contributed by atoms with Crippen LogP contribution in [0.4, 0.5) is 0 Å². The average Bonchev–Trinajstić information content (AvgIpc) is 2.91. The maximum absolute atomic E-state index is 12.3. The predicted molar refractivity (Wildman–Crippen MR) is 77.8 cm³/mol. The Kier molecular flexibility index (Phi) is 6.28. The van der Waals surface area contributed by atoms with Gasteiger partial charge in [0, 0.05) is 32.3 Å². The van der Waals surface area contributed by atoms with Gasteiger partial charge in [-0.3, -0.25) is 4.79 Å². The maximum atomic E-state index is 12.3. The number of ether oxygens (including phenoxy) is 1. The minimum Gasteiger partial charge on any atom is -0.380 e. The molecular formula is C14H21ClN2O2. The van der Waals surface area contributed by atoms with Crippen LogP contribution in [-0.2, 0) is 11.3 Å². The van der Waals surface area contributed by atoms with Gasteiger partial charge in [0.25, 0.3) is 5.91 Å². The summed E-state index contributed by atoms with van der Waals surface area (Å²) in [6.07, 6.45) is 1.03. The highest BCUT2D eigenvalue weighted by molar-refractivity contribution is 5.94. The molecule has 1 aliphatic heterocycles. The van der Waals surface area contributed by atoms with Crippen molar-refractivity contribution in [1.82, 2.24) is 10.2 Å². The first kappa shape index (κ1) is 16.0. The molecule has 0 bridgehead atoms. The van der Waals surface area contributed by atoms with E-state index in [1.807, 2.05) is 36.2 Å². The lowest BCUT2D eigenvalue weighted by Gasteiger charge is -2.24. The minimum absolute atomic E-state index is 0. The molecule has 5 heteroatoms. The zero-order valence-electron chi connectivity index (χ0n) is 11.4. The third kappa shape index (κ3) is 3.93. The number of hydrogen-bond donors (Lipinski definition) is 1. The van der Waals surface area contributed by atoms with E-state index in [-0.39, 0.29) is 18.3 Å². The molecule has 1 heterocycles. The van der Waals surface area contributed by atoms with Crippen molar-refractivity contribution in [3.8, 4) is 0 Å². The molecule has 106 valence electrons. The van der Waals surface area contributed by atoms with Crippen molar-refractivity contribution in [3.63, 3.8) is 0 Å². The Morgan fingerprint density at radius 3 is 2.95 bits per heavy atom. The molecule has 1 saturated heterocycles. The molecule has 0 radical (unpaired) electrons. The molecule has 2 rings (SSSR count). The fourth-order valence-electron chi connectivity index (χ4n) is 2.30. The first-order chi connectivity index (χ1) is 8.72. The van der Waals surface area contributed by atoms with Gasteiger partial charge in [0.15, 0.2) is 0 Å². The summed E-state index contributed by atoms with van der Waals surface area (Å²) in [5.41, 5.74) is 1.76.